The van der Waals surface area contributed by atoms with E-state index in [2.05, 4.69) is 47.8 Å². The zero-order valence-corrected chi connectivity index (χ0v) is 14.0. The molecule has 4 nitrogen and oxygen atoms in total. The molecule has 116 valence electrons. The second-order valence-electron chi connectivity index (χ2n) is 7.41. The van der Waals surface area contributed by atoms with E-state index in [9.17, 15) is 0 Å². The number of hydrogen-bond acceptors (Lipinski definition) is 2. The lowest BCUT2D eigenvalue weighted by Crippen LogP contribution is -2.72. The van der Waals surface area contributed by atoms with Gasteiger partial charge in [0, 0.05) is 31.1 Å². The fourth-order valence-electron chi connectivity index (χ4n) is 3.20. The van der Waals surface area contributed by atoms with Crippen LogP contribution in [-0.4, -0.2) is 61.1 Å². The molecule has 0 saturated carbocycles. The van der Waals surface area contributed by atoms with Crippen molar-refractivity contribution in [2.45, 2.75) is 52.5 Å². The van der Waals surface area contributed by atoms with Gasteiger partial charge in [-0.3, -0.25) is 4.99 Å². The number of aliphatic imine (C=N–C) groups is 1. The Morgan fingerprint density at radius 1 is 1.15 bits per heavy atom. The van der Waals surface area contributed by atoms with Crippen LogP contribution in [0.1, 0.15) is 47.0 Å². The molecule has 4 heteroatoms. The molecule has 0 aromatic heterocycles. The minimum absolute atomic E-state index is 0.184. The van der Waals surface area contributed by atoms with Gasteiger partial charge >= 0.3 is 0 Å². The van der Waals surface area contributed by atoms with Crippen LogP contribution < -0.4 is 5.32 Å². The third kappa shape index (κ3) is 2.95. The van der Waals surface area contributed by atoms with Crippen LogP contribution in [0, 0.1) is 5.41 Å². The van der Waals surface area contributed by atoms with Crippen molar-refractivity contribution in [3.8, 4) is 0 Å². The van der Waals surface area contributed by atoms with Gasteiger partial charge < -0.3 is 15.1 Å². The van der Waals surface area contributed by atoms with Crippen LogP contribution in [0.5, 0.6) is 0 Å². The van der Waals surface area contributed by atoms with Crippen LogP contribution in [0.15, 0.2) is 4.99 Å². The van der Waals surface area contributed by atoms with Gasteiger partial charge in [0.05, 0.1) is 0 Å². The molecule has 0 bridgehead atoms. The SMILES string of the molecule is CN=C(NCCCN1CCCC1)N1CC(C)(C)C1(C)C. The highest BCUT2D eigenvalue weighted by atomic mass is 15.4. The summed E-state index contributed by atoms with van der Waals surface area (Å²) >= 11 is 0. The van der Waals surface area contributed by atoms with E-state index in [1.807, 2.05) is 7.05 Å². The fourth-order valence-corrected chi connectivity index (χ4v) is 3.20. The lowest BCUT2D eigenvalue weighted by atomic mass is 9.65. The quantitative estimate of drug-likeness (QED) is 0.486. The predicted octanol–water partition coefficient (Wildman–Crippen LogP) is 2.17. The molecule has 0 aromatic carbocycles. The van der Waals surface area contributed by atoms with Crippen molar-refractivity contribution in [1.82, 2.24) is 15.1 Å². The summed E-state index contributed by atoms with van der Waals surface area (Å²) in [6, 6.07) is 0. The highest BCUT2D eigenvalue weighted by Crippen LogP contribution is 2.46. The van der Waals surface area contributed by atoms with E-state index in [-0.39, 0.29) is 5.54 Å². The summed E-state index contributed by atoms with van der Waals surface area (Å²) in [7, 11) is 1.89. The Kier molecular flexibility index (Phi) is 4.62. The topological polar surface area (TPSA) is 30.9 Å². The lowest BCUT2D eigenvalue weighted by molar-refractivity contribution is -0.0667. The van der Waals surface area contributed by atoms with Crippen molar-refractivity contribution in [3.05, 3.63) is 0 Å². The number of nitrogens with one attached hydrogen (secondary N) is 1. The van der Waals surface area contributed by atoms with E-state index in [0.29, 0.717) is 5.41 Å². The van der Waals surface area contributed by atoms with E-state index in [0.717, 1.165) is 19.0 Å². The number of nitrogens with zero attached hydrogens (tertiary/aromatic N) is 3. The van der Waals surface area contributed by atoms with Crippen LogP contribution in [0.25, 0.3) is 0 Å². The first-order chi connectivity index (χ1) is 9.38. The van der Waals surface area contributed by atoms with Gasteiger partial charge in [-0.1, -0.05) is 13.8 Å². The summed E-state index contributed by atoms with van der Waals surface area (Å²) in [5.74, 6) is 1.07. The monoisotopic (exact) mass is 280 g/mol. The molecule has 0 amide bonds. The molecule has 0 radical (unpaired) electrons. The second kappa shape index (κ2) is 5.92. The van der Waals surface area contributed by atoms with Gasteiger partial charge in [0.2, 0.25) is 0 Å². The Bertz CT molecular complexity index is 353. The Morgan fingerprint density at radius 2 is 1.80 bits per heavy atom. The highest BCUT2D eigenvalue weighted by molar-refractivity contribution is 5.81. The smallest absolute Gasteiger partial charge is 0.194 e. The maximum absolute atomic E-state index is 4.46. The minimum atomic E-state index is 0.184. The van der Waals surface area contributed by atoms with Crippen molar-refractivity contribution >= 4 is 5.96 Å². The number of hydrogen-bond donors (Lipinski definition) is 1. The van der Waals surface area contributed by atoms with E-state index >= 15 is 0 Å². The lowest BCUT2D eigenvalue weighted by Gasteiger charge is -2.62. The first kappa shape index (κ1) is 15.6. The van der Waals surface area contributed by atoms with Crippen molar-refractivity contribution in [1.29, 1.82) is 0 Å². The summed E-state index contributed by atoms with van der Waals surface area (Å²) in [4.78, 5) is 9.43. The maximum atomic E-state index is 4.46. The van der Waals surface area contributed by atoms with Crippen LogP contribution in [0.3, 0.4) is 0 Å². The molecular formula is C16H32N4. The molecule has 2 fully saturated rings. The normalized spacial score (nSPS) is 25.6. The zero-order valence-electron chi connectivity index (χ0n) is 14.0. The number of rotatable bonds is 4. The Hall–Kier alpha value is -0.770. The van der Waals surface area contributed by atoms with Gasteiger partial charge in [-0.05, 0) is 52.7 Å². The van der Waals surface area contributed by atoms with Gasteiger partial charge in [0.15, 0.2) is 5.96 Å². The van der Waals surface area contributed by atoms with Crippen molar-refractivity contribution in [2.75, 3.05) is 39.8 Å². The standard InChI is InChI=1S/C16H32N4/c1-15(2)13-20(16(15,3)4)14(17-5)18-9-8-12-19-10-6-7-11-19/h6-13H2,1-5H3,(H,17,18). The zero-order chi connectivity index (χ0) is 14.8. The molecule has 2 aliphatic heterocycles. The third-order valence-corrected chi connectivity index (χ3v) is 5.48. The molecule has 0 unspecified atom stereocenters. The highest BCUT2D eigenvalue weighted by Gasteiger charge is 2.53. The first-order valence-electron chi connectivity index (χ1n) is 8.09. The molecule has 1 N–H and O–H groups in total. The molecule has 2 aliphatic rings. The predicted molar refractivity (Wildman–Crippen MR) is 86.2 cm³/mol. The van der Waals surface area contributed by atoms with Crippen LogP contribution in [0.2, 0.25) is 0 Å². The molecule has 2 rings (SSSR count). The maximum Gasteiger partial charge on any atom is 0.194 e. The minimum Gasteiger partial charge on any atom is -0.356 e. The van der Waals surface area contributed by atoms with Gasteiger partial charge in [-0.15, -0.1) is 0 Å². The van der Waals surface area contributed by atoms with Crippen molar-refractivity contribution < 1.29 is 0 Å². The summed E-state index contributed by atoms with van der Waals surface area (Å²) in [6.45, 7) is 15.2. The van der Waals surface area contributed by atoms with Gasteiger partial charge in [0.25, 0.3) is 0 Å². The second-order valence-corrected chi connectivity index (χ2v) is 7.41. The Labute approximate surface area is 124 Å². The van der Waals surface area contributed by atoms with Gasteiger partial charge in [-0.25, -0.2) is 0 Å². The average molecular weight is 280 g/mol. The molecule has 20 heavy (non-hydrogen) atoms. The number of guanidine groups is 1. The van der Waals surface area contributed by atoms with Crippen molar-refractivity contribution in [2.24, 2.45) is 10.4 Å². The largest absolute Gasteiger partial charge is 0.356 e. The molecule has 0 aromatic rings. The van der Waals surface area contributed by atoms with Crippen molar-refractivity contribution in [3.63, 3.8) is 0 Å². The third-order valence-electron chi connectivity index (χ3n) is 5.48. The Balaban J connectivity index is 1.73. The van der Waals surface area contributed by atoms with Gasteiger partial charge in [-0.2, -0.15) is 0 Å². The summed E-state index contributed by atoms with van der Waals surface area (Å²) in [5.41, 5.74) is 0.546. The molecule has 0 aliphatic carbocycles. The molecule has 0 spiro atoms. The summed E-state index contributed by atoms with van der Waals surface area (Å²) < 4.78 is 0. The summed E-state index contributed by atoms with van der Waals surface area (Å²) in [5, 5.41) is 3.54. The Morgan fingerprint density at radius 3 is 2.30 bits per heavy atom. The molecule has 0 atom stereocenters. The number of likely N-dealkylation sites (tertiary alicyclic amines) is 2. The van der Waals surface area contributed by atoms with Crippen LogP contribution in [-0.2, 0) is 0 Å². The molecule has 2 saturated heterocycles. The van der Waals surface area contributed by atoms with Gasteiger partial charge in [0.1, 0.15) is 0 Å². The first-order valence-corrected chi connectivity index (χ1v) is 8.09. The van der Waals surface area contributed by atoms with E-state index in [4.69, 9.17) is 0 Å². The van der Waals surface area contributed by atoms with Crippen LogP contribution in [0.4, 0.5) is 0 Å². The molecule has 2 heterocycles. The average Bonchev–Trinajstić information content (AvgIpc) is 2.90. The summed E-state index contributed by atoms with van der Waals surface area (Å²) in [6.07, 6.45) is 3.97. The van der Waals surface area contributed by atoms with E-state index < -0.39 is 0 Å². The van der Waals surface area contributed by atoms with E-state index in [1.165, 1.54) is 38.9 Å². The van der Waals surface area contributed by atoms with Crippen LogP contribution >= 0.6 is 0 Å². The fraction of sp³-hybridized carbons (Fsp3) is 0.938. The van der Waals surface area contributed by atoms with E-state index in [1.54, 1.807) is 0 Å². The molecular weight excluding hydrogens is 248 g/mol.